The predicted molar refractivity (Wildman–Crippen MR) is 80.0 cm³/mol. The van der Waals surface area contributed by atoms with Crippen LogP contribution < -0.4 is 10.1 Å². The van der Waals surface area contributed by atoms with Crippen LogP contribution in [0, 0.1) is 5.82 Å². The van der Waals surface area contributed by atoms with Crippen molar-refractivity contribution in [2.45, 2.75) is 13.3 Å². The molecule has 0 unspecified atom stereocenters. The van der Waals surface area contributed by atoms with Gasteiger partial charge in [0.05, 0.1) is 12.1 Å². The number of benzene rings is 2. The summed E-state index contributed by atoms with van der Waals surface area (Å²) >= 11 is 0. The molecule has 0 aliphatic carbocycles. The summed E-state index contributed by atoms with van der Waals surface area (Å²) in [5.41, 5.74) is 1.17. The van der Waals surface area contributed by atoms with Crippen molar-refractivity contribution in [3.05, 3.63) is 65.5 Å². The lowest BCUT2D eigenvalue weighted by Crippen LogP contribution is -2.28. The van der Waals surface area contributed by atoms with E-state index in [0.29, 0.717) is 13.2 Å². The lowest BCUT2D eigenvalue weighted by Gasteiger charge is -2.11. The Labute approximate surface area is 123 Å². The van der Waals surface area contributed by atoms with E-state index < -0.39 is 11.7 Å². The van der Waals surface area contributed by atoms with E-state index in [2.05, 4.69) is 12.2 Å². The van der Waals surface area contributed by atoms with E-state index in [1.54, 1.807) is 12.1 Å². The molecule has 0 aliphatic heterocycles. The molecule has 2 aromatic rings. The smallest absolute Gasteiger partial charge is 0.254 e. The fourth-order valence-corrected chi connectivity index (χ4v) is 2.00. The first-order valence-electron chi connectivity index (χ1n) is 6.95. The fourth-order valence-electron chi connectivity index (χ4n) is 2.00. The lowest BCUT2D eigenvalue weighted by molar-refractivity contribution is 0.0943. The van der Waals surface area contributed by atoms with Crippen LogP contribution >= 0.6 is 0 Å². The van der Waals surface area contributed by atoms with Crippen molar-refractivity contribution in [3.8, 4) is 5.75 Å². The molecule has 2 aromatic carbocycles. The van der Waals surface area contributed by atoms with Gasteiger partial charge in [0, 0.05) is 0 Å². The van der Waals surface area contributed by atoms with E-state index in [-0.39, 0.29) is 5.56 Å². The second-order valence-electron chi connectivity index (χ2n) is 4.55. The lowest BCUT2D eigenvalue weighted by atomic mass is 10.1. The minimum atomic E-state index is -0.521. The zero-order valence-corrected chi connectivity index (χ0v) is 11.9. The minimum absolute atomic E-state index is 0.0476. The Kier molecular flexibility index (Phi) is 5.32. The number of halogens is 1. The molecule has 2 rings (SSSR count). The average molecular weight is 287 g/mol. The number of amides is 1. The molecule has 110 valence electrons. The summed E-state index contributed by atoms with van der Waals surface area (Å²) in [4.78, 5) is 11.8. The van der Waals surface area contributed by atoms with Crippen molar-refractivity contribution < 1.29 is 13.9 Å². The highest BCUT2D eigenvalue weighted by molar-refractivity contribution is 5.94. The maximum absolute atomic E-state index is 13.4. The Morgan fingerprint density at radius 1 is 1.14 bits per heavy atom. The van der Waals surface area contributed by atoms with Crippen LogP contribution in [-0.4, -0.2) is 19.1 Å². The summed E-state index contributed by atoms with van der Waals surface area (Å²) in [7, 11) is 0. The van der Waals surface area contributed by atoms with E-state index in [0.717, 1.165) is 17.7 Å². The second-order valence-corrected chi connectivity index (χ2v) is 4.55. The number of ether oxygens (including phenoxy) is 1. The monoisotopic (exact) mass is 287 g/mol. The van der Waals surface area contributed by atoms with Gasteiger partial charge in [0.2, 0.25) is 0 Å². The molecule has 4 heteroatoms. The summed E-state index contributed by atoms with van der Waals surface area (Å²) in [6, 6.07) is 13.7. The van der Waals surface area contributed by atoms with Crippen LogP contribution in [0.2, 0.25) is 0 Å². The average Bonchev–Trinajstić information content (AvgIpc) is 2.52. The van der Waals surface area contributed by atoms with Crippen LogP contribution in [0.5, 0.6) is 5.75 Å². The number of hydrogen-bond acceptors (Lipinski definition) is 2. The van der Waals surface area contributed by atoms with Crippen molar-refractivity contribution in [1.82, 2.24) is 5.32 Å². The summed E-state index contributed by atoms with van der Waals surface area (Å²) < 4.78 is 19.1. The van der Waals surface area contributed by atoms with Crippen molar-refractivity contribution in [1.29, 1.82) is 0 Å². The van der Waals surface area contributed by atoms with Crippen LogP contribution in [0.1, 0.15) is 22.8 Å². The summed E-state index contributed by atoms with van der Waals surface area (Å²) in [5.74, 6) is -0.132. The van der Waals surface area contributed by atoms with Gasteiger partial charge in [-0.25, -0.2) is 4.39 Å². The molecule has 0 aliphatic rings. The highest BCUT2D eigenvalue weighted by Crippen LogP contribution is 2.17. The van der Waals surface area contributed by atoms with E-state index in [1.807, 2.05) is 24.3 Å². The molecular weight excluding hydrogens is 269 g/mol. The predicted octanol–water partition coefficient (Wildman–Crippen LogP) is 3.20. The number of para-hydroxylation sites is 1. The van der Waals surface area contributed by atoms with Crippen LogP contribution in [0.25, 0.3) is 0 Å². The number of hydrogen-bond donors (Lipinski definition) is 1. The zero-order valence-electron chi connectivity index (χ0n) is 11.9. The van der Waals surface area contributed by atoms with Gasteiger partial charge in [0.1, 0.15) is 18.2 Å². The van der Waals surface area contributed by atoms with Gasteiger partial charge in [-0.2, -0.15) is 0 Å². The van der Waals surface area contributed by atoms with E-state index in [4.69, 9.17) is 4.74 Å². The Morgan fingerprint density at radius 2 is 1.86 bits per heavy atom. The van der Waals surface area contributed by atoms with Crippen molar-refractivity contribution in [2.75, 3.05) is 13.2 Å². The molecule has 0 aromatic heterocycles. The van der Waals surface area contributed by atoms with Crippen molar-refractivity contribution >= 4 is 5.91 Å². The second kappa shape index (κ2) is 7.43. The maximum Gasteiger partial charge on any atom is 0.254 e. The van der Waals surface area contributed by atoms with E-state index in [1.165, 1.54) is 12.1 Å². The van der Waals surface area contributed by atoms with Crippen molar-refractivity contribution in [2.24, 2.45) is 0 Å². The Morgan fingerprint density at radius 3 is 2.62 bits per heavy atom. The third-order valence-corrected chi connectivity index (χ3v) is 3.12. The SMILES string of the molecule is CCc1ccccc1OCCNC(=O)c1ccccc1F. The van der Waals surface area contributed by atoms with Gasteiger partial charge >= 0.3 is 0 Å². The molecule has 0 saturated heterocycles. The Hall–Kier alpha value is -2.36. The number of carbonyl (C=O) groups is 1. The molecule has 0 atom stereocenters. The highest BCUT2D eigenvalue weighted by Gasteiger charge is 2.09. The molecular formula is C17H18FNO2. The van der Waals surface area contributed by atoms with Crippen LogP contribution in [-0.2, 0) is 6.42 Å². The molecule has 0 heterocycles. The van der Waals surface area contributed by atoms with Gasteiger partial charge in [-0.3, -0.25) is 4.79 Å². The van der Waals surface area contributed by atoms with Crippen molar-refractivity contribution in [3.63, 3.8) is 0 Å². The molecule has 1 N–H and O–H groups in total. The normalized spacial score (nSPS) is 10.2. The van der Waals surface area contributed by atoms with Gasteiger partial charge < -0.3 is 10.1 Å². The molecule has 0 fully saturated rings. The molecule has 1 amide bonds. The number of aryl methyl sites for hydroxylation is 1. The topological polar surface area (TPSA) is 38.3 Å². The van der Waals surface area contributed by atoms with Gasteiger partial charge in [-0.1, -0.05) is 37.3 Å². The maximum atomic E-state index is 13.4. The van der Waals surface area contributed by atoms with Gasteiger partial charge in [-0.05, 0) is 30.2 Å². The Balaban J connectivity index is 1.82. The van der Waals surface area contributed by atoms with Gasteiger partial charge in [0.25, 0.3) is 5.91 Å². The van der Waals surface area contributed by atoms with Gasteiger partial charge in [-0.15, -0.1) is 0 Å². The number of carbonyl (C=O) groups excluding carboxylic acids is 1. The van der Waals surface area contributed by atoms with E-state index in [9.17, 15) is 9.18 Å². The quantitative estimate of drug-likeness (QED) is 0.829. The zero-order chi connectivity index (χ0) is 15.1. The number of nitrogens with one attached hydrogen (secondary N) is 1. The number of rotatable bonds is 6. The molecule has 3 nitrogen and oxygen atoms in total. The standard InChI is InChI=1S/C17H18FNO2/c1-2-13-7-3-6-10-16(13)21-12-11-19-17(20)14-8-4-5-9-15(14)18/h3-10H,2,11-12H2,1H3,(H,19,20). The third-order valence-electron chi connectivity index (χ3n) is 3.12. The largest absolute Gasteiger partial charge is 0.491 e. The first-order valence-corrected chi connectivity index (χ1v) is 6.95. The molecule has 0 radical (unpaired) electrons. The summed E-state index contributed by atoms with van der Waals surface area (Å²) in [5, 5.41) is 2.64. The molecule has 0 bridgehead atoms. The van der Waals surface area contributed by atoms with Crippen LogP contribution in [0.15, 0.2) is 48.5 Å². The first-order chi connectivity index (χ1) is 10.2. The molecule has 0 saturated carbocycles. The Bertz CT molecular complexity index is 613. The summed E-state index contributed by atoms with van der Waals surface area (Å²) in [6.45, 7) is 2.73. The third kappa shape index (κ3) is 4.05. The molecule has 0 spiro atoms. The summed E-state index contributed by atoms with van der Waals surface area (Å²) in [6.07, 6.45) is 0.887. The van der Waals surface area contributed by atoms with Crippen LogP contribution in [0.4, 0.5) is 4.39 Å². The fraction of sp³-hybridized carbons (Fsp3) is 0.235. The minimum Gasteiger partial charge on any atom is -0.491 e. The van der Waals surface area contributed by atoms with Gasteiger partial charge in [0.15, 0.2) is 0 Å². The first kappa shape index (κ1) is 15.0. The van der Waals surface area contributed by atoms with Crippen LogP contribution in [0.3, 0.4) is 0 Å². The van der Waals surface area contributed by atoms with E-state index >= 15 is 0 Å². The molecule has 21 heavy (non-hydrogen) atoms. The highest BCUT2D eigenvalue weighted by atomic mass is 19.1.